The fraction of sp³-hybridized carbons (Fsp3) is 0.238. The van der Waals surface area contributed by atoms with E-state index in [-0.39, 0.29) is 17.7 Å². The second kappa shape index (κ2) is 9.64. The first-order valence-corrected chi connectivity index (χ1v) is 13.1. The number of carbonyl (C=O) groups excluding carboxylic acids is 1. The summed E-state index contributed by atoms with van der Waals surface area (Å²) in [5.74, 6) is 0.954. The number of aromatic nitrogens is 4. The number of hydrogen-bond donors (Lipinski definition) is 1. The van der Waals surface area contributed by atoms with Crippen molar-refractivity contribution >= 4 is 61.4 Å². The van der Waals surface area contributed by atoms with E-state index in [0.717, 1.165) is 32.3 Å². The lowest BCUT2D eigenvalue weighted by Crippen LogP contribution is -2.15. The van der Waals surface area contributed by atoms with Gasteiger partial charge >= 0.3 is 0 Å². The van der Waals surface area contributed by atoms with Gasteiger partial charge in [0.15, 0.2) is 16.1 Å². The number of nitrogens with zero attached hydrogens (tertiary/aromatic N) is 4. The number of carbonyl (C=O) groups is 1. The van der Waals surface area contributed by atoms with E-state index in [9.17, 15) is 4.79 Å². The third-order valence-corrected chi connectivity index (χ3v) is 7.48. The summed E-state index contributed by atoms with van der Waals surface area (Å²) in [5, 5.41) is 17.0. The van der Waals surface area contributed by atoms with Crippen molar-refractivity contribution in [3.63, 3.8) is 0 Å². The molecule has 0 spiro atoms. The van der Waals surface area contributed by atoms with Gasteiger partial charge in [0.2, 0.25) is 5.91 Å². The summed E-state index contributed by atoms with van der Waals surface area (Å²) in [7, 11) is 0. The summed E-state index contributed by atoms with van der Waals surface area (Å²) in [5.41, 5.74) is 2.91. The molecule has 1 N–H and O–H groups in total. The fourth-order valence-electron chi connectivity index (χ4n) is 2.97. The Hall–Kier alpha value is -2.01. The largest absolute Gasteiger partial charge is 0.301 e. The molecule has 0 bridgehead atoms. The Kier molecular flexibility index (Phi) is 6.90. The Balaban J connectivity index is 1.41. The third-order valence-electron chi connectivity index (χ3n) is 4.39. The number of rotatable bonds is 7. The molecule has 3 aromatic heterocycles. The van der Waals surface area contributed by atoms with Crippen LogP contribution < -0.4 is 5.32 Å². The van der Waals surface area contributed by atoms with Crippen molar-refractivity contribution in [1.82, 2.24) is 19.7 Å². The van der Waals surface area contributed by atoms with Crippen LogP contribution in [0, 0.1) is 6.92 Å². The molecule has 0 radical (unpaired) electrons. The number of anilines is 1. The lowest BCUT2D eigenvalue weighted by atomic mass is 10.2. The third kappa shape index (κ3) is 5.25. The Bertz CT molecular complexity index is 1200. The lowest BCUT2D eigenvalue weighted by molar-refractivity contribution is -0.113. The van der Waals surface area contributed by atoms with Crippen molar-refractivity contribution in [3.05, 3.63) is 50.4 Å². The molecule has 0 aliphatic rings. The summed E-state index contributed by atoms with van der Waals surface area (Å²) < 4.78 is 3.10. The van der Waals surface area contributed by atoms with Crippen LogP contribution in [0.3, 0.4) is 0 Å². The van der Waals surface area contributed by atoms with Gasteiger partial charge in [0, 0.05) is 37.3 Å². The minimum absolute atomic E-state index is 0.118. The molecule has 1 aromatic carbocycles. The maximum atomic E-state index is 12.5. The quantitative estimate of drug-likeness (QED) is 0.274. The summed E-state index contributed by atoms with van der Waals surface area (Å²) in [6.07, 6.45) is 0. The number of thioether (sulfide) groups is 1. The van der Waals surface area contributed by atoms with Crippen molar-refractivity contribution in [1.29, 1.82) is 0 Å². The Labute approximate surface area is 201 Å². The molecule has 10 heteroatoms. The number of thiazole rings is 1. The van der Waals surface area contributed by atoms with Crippen molar-refractivity contribution in [3.8, 4) is 22.6 Å². The average molecular weight is 535 g/mol. The Morgan fingerprint density at radius 2 is 1.94 bits per heavy atom. The highest BCUT2D eigenvalue weighted by Gasteiger charge is 2.19. The number of aryl methyl sites for hydroxylation is 1. The fourth-order valence-corrected chi connectivity index (χ4v) is 5.52. The zero-order valence-electron chi connectivity index (χ0n) is 17.1. The number of amides is 1. The van der Waals surface area contributed by atoms with Gasteiger partial charge in [0.1, 0.15) is 0 Å². The van der Waals surface area contributed by atoms with Crippen LogP contribution in [-0.2, 0) is 4.79 Å². The van der Waals surface area contributed by atoms with E-state index in [0.29, 0.717) is 5.13 Å². The van der Waals surface area contributed by atoms with E-state index in [4.69, 9.17) is 0 Å². The maximum absolute atomic E-state index is 12.5. The molecule has 0 atom stereocenters. The molecular weight excluding hydrogens is 514 g/mol. The number of halogens is 1. The topological polar surface area (TPSA) is 72.7 Å². The van der Waals surface area contributed by atoms with Crippen LogP contribution in [0.5, 0.6) is 0 Å². The first kappa shape index (κ1) is 22.2. The zero-order chi connectivity index (χ0) is 22.0. The standard InChI is InChI=1S/C21H20BrN5OS3/c1-12(2)27-19(15-8-13(3)29-9-15)25-26-21(27)31-11-18(28)24-20-23-17(10-30-20)14-4-6-16(22)7-5-14/h4-10,12H,11H2,1-3H3,(H,23,24,28). The van der Waals surface area contributed by atoms with Crippen LogP contribution in [0.1, 0.15) is 24.8 Å². The van der Waals surface area contributed by atoms with Crippen molar-refractivity contribution in [2.45, 2.75) is 32.0 Å². The monoisotopic (exact) mass is 533 g/mol. The van der Waals surface area contributed by atoms with E-state index in [1.807, 2.05) is 29.6 Å². The summed E-state index contributed by atoms with van der Waals surface area (Å²) in [4.78, 5) is 18.3. The molecule has 0 aliphatic heterocycles. The molecule has 0 saturated heterocycles. The Morgan fingerprint density at radius 1 is 1.16 bits per heavy atom. The minimum atomic E-state index is -0.118. The highest BCUT2D eigenvalue weighted by atomic mass is 79.9. The number of thiophene rings is 1. The molecule has 1 amide bonds. The predicted octanol–water partition coefficient (Wildman–Crippen LogP) is 6.51. The van der Waals surface area contributed by atoms with Crippen LogP contribution in [0.2, 0.25) is 0 Å². The Morgan fingerprint density at radius 3 is 2.61 bits per heavy atom. The van der Waals surface area contributed by atoms with Crippen LogP contribution in [0.15, 0.2) is 50.7 Å². The maximum Gasteiger partial charge on any atom is 0.236 e. The van der Waals surface area contributed by atoms with Gasteiger partial charge in [-0.2, -0.15) is 0 Å². The highest BCUT2D eigenvalue weighted by Crippen LogP contribution is 2.31. The summed E-state index contributed by atoms with van der Waals surface area (Å²) in [6, 6.07) is 10.2. The second-order valence-corrected chi connectivity index (χ2v) is 10.9. The number of hydrogen-bond acceptors (Lipinski definition) is 7. The SMILES string of the molecule is Cc1cc(-c2nnc(SCC(=O)Nc3nc(-c4ccc(Br)cc4)cs3)n2C(C)C)cs1. The molecule has 0 fully saturated rings. The molecule has 3 heterocycles. The molecular formula is C21H20BrN5OS3. The van der Waals surface area contributed by atoms with Gasteiger partial charge in [-0.25, -0.2) is 4.98 Å². The van der Waals surface area contributed by atoms with E-state index < -0.39 is 0 Å². The van der Waals surface area contributed by atoms with Gasteiger partial charge in [-0.15, -0.1) is 32.9 Å². The second-order valence-electron chi connectivity index (χ2n) is 7.10. The van der Waals surface area contributed by atoms with Gasteiger partial charge in [-0.3, -0.25) is 9.36 Å². The van der Waals surface area contributed by atoms with E-state index in [1.54, 1.807) is 11.3 Å². The predicted molar refractivity (Wildman–Crippen MR) is 133 cm³/mol. The van der Waals surface area contributed by atoms with E-state index in [2.05, 4.69) is 73.2 Å². The molecule has 0 aliphatic carbocycles. The van der Waals surface area contributed by atoms with Crippen LogP contribution >= 0.6 is 50.4 Å². The molecule has 31 heavy (non-hydrogen) atoms. The van der Waals surface area contributed by atoms with Crippen LogP contribution in [0.25, 0.3) is 22.6 Å². The molecule has 4 aromatic rings. The normalized spacial score (nSPS) is 11.3. The van der Waals surface area contributed by atoms with Gasteiger partial charge in [0.25, 0.3) is 0 Å². The molecule has 6 nitrogen and oxygen atoms in total. The summed E-state index contributed by atoms with van der Waals surface area (Å²) in [6.45, 7) is 6.26. The average Bonchev–Trinajstić information content (AvgIpc) is 3.46. The van der Waals surface area contributed by atoms with E-state index in [1.165, 1.54) is 28.0 Å². The van der Waals surface area contributed by atoms with Gasteiger partial charge in [-0.05, 0) is 39.0 Å². The first-order valence-electron chi connectivity index (χ1n) is 9.55. The zero-order valence-corrected chi connectivity index (χ0v) is 21.2. The molecule has 0 unspecified atom stereocenters. The smallest absolute Gasteiger partial charge is 0.236 e. The highest BCUT2D eigenvalue weighted by molar-refractivity contribution is 9.10. The van der Waals surface area contributed by atoms with Crippen molar-refractivity contribution in [2.75, 3.05) is 11.1 Å². The van der Waals surface area contributed by atoms with Gasteiger partial charge < -0.3 is 5.32 Å². The van der Waals surface area contributed by atoms with Gasteiger partial charge in [-0.1, -0.05) is 39.8 Å². The molecule has 0 saturated carbocycles. The molecule has 4 rings (SSSR count). The van der Waals surface area contributed by atoms with Crippen LogP contribution in [-0.4, -0.2) is 31.4 Å². The molecule has 160 valence electrons. The first-order chi connectivity index (χ1) is 14.9. The minimum Gasteiger partial charge on any atom is -0.301 e. The lowest BCUT2D eigenvalue weighted by Gasteiger charge is -2.12. The number of benzene rings is 1. The number of nitrogens with one attached hydrogen (secondary N) is 1. The van der Waals surface area contributed by atoms with E-state index >= 15 is 0 Å². The van der Waals surface area contributed by atoms with Crippen molar-refractivity contribution in [2.24, 2.45) is 0 Å². The van der Waals surface area contributed by atoms with Gasteiger partial charge in [0.05, 0.1) is 11.4 Å². The van der Waals surface area contributed by atoms with Crippen LogP contribution in [0.4, 0.5) is 5.13 Å². The summed E-state index contributed by atoms with van der Waals surface area (Å²) >= 11 is 7.92. The van der Waals surface area contributed by atoms with Crippen molar-refractivity contribution < 1.29 is 4.79 Å².